The summed E-state index contributed by atoms with van der Waals surface area (Å²) in [6.07, 6.45) is 6.87. The zero-order valence-electron chi connectivity index (χ0n) is 9.08. The molecule has 0 aromatic heterocycles. The van der Waals surface area contributed by atoms with Crippen molar-refractivity contribution in [1.82, 2.24) is 0 Å². The smallest absolute Gasteiger partial charge is 0.159 e. The zero-order valence-corrected chi connectivity index (χ0v) is 9.08. The Morgan fingerprint density at radius 2 is 1.54 bits per heavy atom. The highest BCUT2D eigenvalue weighted by molar-refractivity contribution is 4.73. The SMILES string of the molecule is COC(OC)C(C)C1CCCCC1. The standard InChI is InChI=1S/C11H22O2/c1-9(11(12-2)13-3)10-7-5-4-6-8-10/h9-11H,4-8H2,1-3H3. The minimum absolute atomic E-state index is 0.0110. The fourth-order valence-electron chi connectivity index (χ4n) is 2.41. The molecule has 0 saturated heterocycles. The maximum absolute atomic E-state index is 5.29. The zero-order chi connectivity index (χ0) is 9.68. The van der Waals surface area contributed by atoms with Gasteiger partial charge in [0, 0.05) is 20.1 Å². The summed E-state index contributed by atoms with van der Waals surface area (Å²) in [6, 6.07) is 0. The Labute approximate surface area is 81.6 Å². The van der Waals surface area contributed by atoms with Crippen LogP contribution >= 0.6 is 0 Å². The van der Waals surface area contributed by atoms with Crippen LogP contribution in [0.1, 0.15) is 39.0 Å². The third kappa shape index (κ3) is 2.96. The Bertz CT molecular complexity index is 126. The van der Waals surface area contributed by atoms with Crippen molar-refractivity contribution in [2.24, 2.45) is 11.8 Å². The van der Waals surface area contributed by atoms with Gasteiger partial charge in [-0.1, -0.05) is 39.0 Å². The summed E-state index contributed by atoms with van der Waals surface area (Å²) >= 11 is 0. The van der Waals surface area contributed by atoms with Crippen LogP contribution in [0.25, 0.3) is 0 Å². The molecule has 78 valence electrons. The fraction of sp³-hybridized carbons (Fsp3) is 1.00. The van der Waals surface area contributed by atoms with Gasteiger partial charge in [0.25, 0.3) is 0 Å². The van der Waals surface area contributed by atoms with Gasteiger partial charge in [0.15, 0.2) is 6.29 Å². The van der Waals surface area contributed by atoms with Crippen molar-refractivity contribution in [3.05, 3.63) is 0 Å². The van der Waals surface area contributed by atoms with Gasteiger partial charge >= 0.3 is 0 Å². The molecule has 13 heavy (non-hydrogen) atoms. The Balaban J connectivity index is 2.38. The predicted octanol–water partition coefficient (Wildman–Crippen LogP) is 2.82. The molecule has 2 heteroatoms. The second-order valence-electron chi connectivity index (χ2n) is 4.10. The summed E-state index contributed by atoms with van der Waals surface area (Å²) < 4.78 is 10.6. The van der Waals surface area contributed by atoms with Crippen LogP contribution in [0, 0.1) is 11.8 Å². The van der Waals surface area contributed by atoms with E-state index in [9.17, 15) is 0 Å². The average Bonchev–Trinajstić information content (AvgIpc) is 2.21. The van der Waals surface area contributed by atoms with E-state index < -0.39 is 0 Å². The highest BCUT2D eigenvalue weighted by Gasteiger charge is 2.26. The Morgan fingerprint density at radius 1 is 1.00 bits per heavy atom. The first kappa shape index (κ1) is 11.0. The molecule has 0 bridgehead atoms. The molecule has 0 N–H and O–H groups in total. The molecule has 0 amide bonds. The van der Waals surface area contributed by atoms with E-state index in [2.05, 4.69) is 6.92 Å². The topological polar surface area (TPSA) is 18.5 Å². The van der Waals surface area contributed by atoms with E-state index in [1.807, 2.05) is 0 Å². The van der Waals surface area contributed by atoms with Crippen molar-refractivity contribution in [2.45, 2.75) is 45.3 Å². The molecule has 0 aliphatic heterocycles. The maximum Gasteiger partial charge on any atom is 0.159 e. The van der Waals surface area contributed by atoms with Crippen molar-refractivity contribution < 1.29 is 9.47 Å². The predicted molar refractivity (Wildman–Crippen MR) is 53.5 cm³/mol. The fourth-order valence-corrected chi connectivity index (χ4v) is 2.41. The number of rotatable bonds is 4. The van der Waals surface area contributed by atoms with E-state index in [1.165, 1.54) is 32.1 Å². The van der Waals surface area contributed by atoms with Crippen LogP contribution < -0.4 is 0 Å². The molecule has 1 saturated carbocycles. The Hall–Kier alpha value is -0.0800. The van der Waals surface area contributed by atoms with Gasteiger partial charge in [0.05, 0.1) is 0 Å². The molecular formula is C11H22O2. The van der Waals surface area contributed by atoms with Gasteiger partial charge in [0.1, 0.15) is 0 Å². The first-order chi connectivity index (χ1) is 6.29. The van der Waals surface area contributed by atoms with Gasteiger partial charge in [-0.3, -0.25) is 0 Å². The summed E-state index contributed by atoms with van der Waals surface area (Å²) in [6.45, 7) is 2.24. The van der Waals surface area contributed by atoms with Crippen LogP contribution in [0.3, 0.4) is 0 Å². The first-order valence-corrected chi connectivity index (χ1v) is 5.35. The average molecular weight is 186 g/mol. The second-order valence-corrected chi connectivity index (χ2v) is 4.10. The van der Waals surface area contributed by atoms with Crippen LogP contribution in [0.5, 0.6) is 0 Å². The third-order valence-electron chi connectivity index (χ3n) is 3.29. The lowest BCUT2D eigenvalue weighted by Gasteiger charge is -2.31. The minimum Gasteiger partial charge on any atom is -0.356 e. The lowest BCUT2D eigenvalue weighted by atomic mass is 9.80. The lowest BCUT2D eigenvalue weighted by Crippen LogP contribution is -2.30. The van der Waals surface area contributed by atoms with Gasteiger partial charge in [-0.25, -0.2) is 0 Å². The van der Waals surface area contributed by atoms with Crippen LogP contribution in [0.15, 0.2) is 0 Å². The van der Waals surface area contributed by atoms with E-state index in [0.29, 0.717) is 5.92 Å². The molecule has 0 spiro atoms. The van der Waals surface area contributed by atoms with E-state index in [-0.39, 0.29) is 6.29 Å². The summed E-state index contributed by atoms with van der Waals surface area (Å²) in [7, 11) is 3.46. The van der Waals surface area contributed by atoms with E-state index in [4.69, 9.17) is 9.47 Å². The van der Waals surface area contributed by atoms with Crippen molar-refractivity contribution in [2.75, 3.05) is 14.2 Å². The molecule has 0 heterocycles. The number of methoxy groups -OCH3 is 2. The summed E-state index contributed by atoms with van der Waals surface area (Å²) in [4.78, 5) is 0. The van der Waals surface area contributed by atoms with Gasteiger partial charge in [-0.2, -0.15) is 0 Å². The molecule has 1 fully saturated rings. The molecule has 0 aromatic carbocycles. The summed E-state index contributed by atoms with van der Waals surface area (Å²) in [5.74, 6) is 1.34. The minimum atomic E-state index is -0.0110. The van der Waals surface area contributed by atoms with Crippen LogP contribution in [0.2, 0.25) is 0 Å². The Morgan fingerprint density at radius 3 is 2.00 bits per heavy atom. The van der Waals surface area contributed by atoms with Crippen LogP contribution in [0.4, 0.5) is 0 Å². The molecule has 0 aromatic rings. The maximum atomic E-state index is 5.29. The van der Waals surface area contributed by atoms with E-state index >= 15 is 0 Å². The molecular weight excluding hydrogens is 164 g/mol. The molecule has 1 unspecified atom stereocenters. The number of hydrogen-bond acceptors (Lipinski definition) is 2. The van der Waals surface area contributed by atoms with E-state index in [1.54, 1.807) is 14.2 Å². The molecule has 1 aliphatic rings. The second kappa shape index (κ2) is 5.61. The Kier molecular flexibility index (Phi) is 4.74. The summed E-state index contributed by atoms with van der Waals surface area (Å²) in [5, 5.41) is 0. The monoisotopic (exact) mass is 186 g/mol. The van der Waals surface area contributed by atoms with Crippen LogP contribution in [-0.2, 0) is 9.47 Å². The molecule has 0 radical (unpaired) electrons. The van der Waals surface area contributed by atoms with E-state index in [0.717, 1.165) is 5.92 Å². The number of hydrogen-bond donors (Lipinski definition) is 0. The van der Waals surface area contributed by atoms with Gasteiger partial charge < -0.3 is 9.47 Å². The van der Waals surface area contributed by atoms with Crippen LogP contribution in [-0.4, -0.2) is 20.5 Å². The van der Waals surface area contributed by atoms with Crippen molar-refractivity contribution in [3.8, 4) is 0 Å². The lowest BCUT2D eigenvalue weighted by molar-refractivity contribution is -0.147. The van der Waals surface area contributed by atoms with Crippen molar-refractivity contribution >= 4 is 0 Å². The highest BCUT2D eigenvalue weighted by atomic mass is 16.7. The summed E-state index contributed by atoms with van der Waals surface area (Å²) in [5.41, 5.74) is 0. The largest absolute Gasteiger partial charge is 0.356 e. The van der Waals surface area contributed by atoms with Crippen molar-refractivity contribution in [1.29, 1.82) is 0 Å². The normalized spacial score (nSPS) is 22.2. The molecule has 1 rings (SSSR count). The van der Waals surface area contributed by atoms with Gasteiger partial charge in [-0.15, -0.1) is 0 Å². The molecule has 1 aliphatic carbocycles. The first-order valence-electron chi connectivity index (χ1n) is 5.35. The van der Waals surface area contributed by atoms with Gasteiger partial charge in [-0.05, 0) is 5.92 Å². The van der Waals surface area contributed by atoms with Crippen molar-refractivity contribution in [3.63, 3.8) is 0 Å². The quantitative estimate of drug-likeness (QED) is 0.628. The third-order valence-corrected chi connectivity index (χ3v) is 3.29. The number of ether oxygens (including phenoxy) is 2. The van der Waals surface area contributed by atoms with Gasteiger partial charge in [0.2, 0.25) is 0 Å². The highest BCUT2D eigenvalue weighted by Crippen LogP contribution is 2.32. The molecule has 2 nitrogen and oxygen atoms in total. The molecule has 1 atom stereocenters.